The van der Waals surface area contributed by atoms with Crippen LogP contribution >= 0.6 is 19.8 Å². The minimum atomic E-state index is 0.824. The summed E-state index contributed by atoms with van der Waals surface area (Å²) in [4.78, 5) is 0. The average molecular weight is 357 g/mol. The Hall–Kier alpha value is -2.02. The number of nitrogens with one attached hydrogen (secondary N) is 2. The summed E-state index contributed by atoms with van der Waals surface area (Å²) >= 11 is 4.56. The van der Waals surface area contributed by atoms with Crippen LogP contribution in [0.5, 0.6) is 0 Å². The second kappa shape index (κ2) is 10.7. The Morgan fingerprint density at radius 1 is 0.542 bits per heavy atom. The Kier molecular flexibility index (Phi) is 8.17. The summed E-state index contributed by atoms with van der Waals surface area (Å²) in [6.07, 6.45) is 0. The maximum Gasteiger partial charge on any atom is 0.0578 e. The number of benzene rings is 3. The molecule has 0 amide bonds. The second-order valence-electron chi connectivity index (χ2n) is 5.22. The fraction of sp³-hybridized carbons (Fsp3) is 0.100. The van der Waals surface area contributed by atoms with Gasteiger partial charge in [0, 0.05) is 13.1 Å². The lowest BCUT2D eigenvalue weighted by Gasteiger charge is -2.14. The first kappa shape index (κ1) is 18.3. The first-order valence-corrected chi connectivity index (χ1v) is 9.53. The number of rotatable bonds is 6. The number of hydrogen-bond acceptors (Lipinski definition) is 2. The van der Waals surface area contributed by atoms with E-state index in [2.05, 4.69) is 94.7 Å². The third-order valence-corrected chi connectivity index (χ3v) is 3.58. The molecular weight excluding hydrogens is 335 g/mol. The molecule has 3 aromatic carbocycles. The second-order valence-corrected chi connectivity index (χ2v) is 5.22. The van der Waals surface area contributed by atoms with Gasteiger partial charge in [0.05, 0.1) is 11.4 Å². The van der Waals surface area contributed by atoms with E-state index in [1.165, 1.54) is 11.1 Å². The molecule has 124 valence electrons. The summed E-state index contributed by atoms with van der Waals surface area (Å²) in [7, 11) is 1.89. The predicted octanol–water partition coefficient (Wildman–Crippen LogP) is 5.93. The topological polar surface area (TPSA) is 24.1 Å². The highest BCUT2D eigenvalue weighted by atomic mass is 35.7. The van der Waals surface area contributed by atoms with Gasteiger partial charge in [-0.25, -0.2) is 0 Å². The van der Waals surface area contributed by atoms with E-state index in [1.54, 1.807) is 0 Å². The molecule has 0 aromatic heterocycles. The maximum atomic E-state index is 4.56. The molecule has 0 aliphatic carbocycles. The van der Waals surface area contributed by atoms with Gasteiger partial charge in [-0.15, -0.1) is 11.2 Å². The van der Waals surface area contributed by atoms with E-state index in [0.717, 1.165) is 24.5 Å². The van der Waals surface area contributed by atoms with Gasteiger partial charge in [-0.2, -0.15) is 0 Å². The van der Waals surface area contributed by atoms with Crippen LogP contribution in [0.3, 0.4) is 0 Å². The molecule has 0 saturated carbocycles. The van der Waals surface area contributed by atoms with Crippen molar-refractivity contribution < 1.29 is 0 Å². The molecule has 0 radical (unpaired) electrons. The standard InChI is InChI=1S/C20H20N2.ClH2P/c1-3-9-17(10-4-1)15-21-19-13-7-8-14-20(19)22-16-18-11-5-2-6-12-18;1-2/h1-14,21-22H,15-16H2;2H2. The van der Waals surface area contributed by atoms with Crippen LogP contribution in [0.2, 0.25) is 0 Å². The van der Waals surface area contributed by atoms with Gasteiger partial charge >= 0.3 is 0 Å². The van der Waals surface area contributed by atoms with Crippen molar-refractivity contribution in [2.75, 3.05) is 10.6 Å². The van der Waals surface area contributed by atoms with Crippen molar-refractivity contribution in [3.05, 3.63) is 96.1 Å². The van der Waals surface area contributed by atoms with E-state index < -0.39 is 0 Å². The van der Waals surface area contributed by atoms with Crippen LogP contribution in [-0.4, -0.2) is 0 Å². The Morgan fingerprint density at radius 3 is 1.25 bits per heavy atom. The van der Waals surface area contributed by atoms with Crippen molar-refractivity contribution in [1.82, 2.24) is 0 Å². The largest absolute Gasteiger partial charge is 0.379 e. The van der Waals surface area contributed by atoms with E-state index >= 15 is 0 Å². The van der Waals surface area contributed by atoms with Gasteiger partial charge in [0.25, 0.3) is 0 Å². The third-order valence-electron chi connectivity index (χ3n) is 3.58. The van der Waals surface area contributed by atoms with Crippen LogP contribution in [0.4, 0.5) is 11.4 Å². The Bertz CT molecular complexity index is 643. The molecule has 24 heavy (non-hydrogen) atoms. The summed E-state index contributed by atoms with van der Waals surface area (Å²) in [5.74, 6) is 0. The van der Waals surface area contributed by atoms with E-state index in [-0.39, 0.29) is 0 Å². The fourth-order valence-corrected chi connectivity index (χ4v) is 2.38. The van der Waals surface area contributed by atoms with Crippen molar-refractivity contribution in [1.29, 1.82) is 0 Å². The molecular formula is C20H22ClN2P. The molecule has 0 heterocycles. The molecule has 2 N–H and O–H groups in total. The lowest BCUT2D eigenvalue weighted by molar-refractivity contribution is 1.12. The first-order chi connectivity index (χ1) is 11.9. The van der Waals surface area contributed by atoms with E-state index in [1.807, 2.05) is 20.7 Å². The Balaban J connectivity index is 0.00000100. The molecule has 4 heteroatoms. The molecule has 2 nitrogen and oxygen atoms in total. The fourth-order valence-electron chi connectivity index (χ4n) is 2.38. The molecule has 0 bridgehead atoms. The van der Waals surface area contributed by atoms with Gasteiger partial charge in [0.2, 0.25) is 0 Å². The van der Waals surface area contributed by atoms with Crippen LogP contribution in [0.25, 0.3) is 0 Å². The normalized spacial score (nSPS) is 9.58. The number of hydrogen-bond donors (Lipinski definition) is 2. The zero-order valence-electron chi connectivity index (χ0n) is 13.5. The molecule has 0 saturated heterocycles. The summed E-state index contributed by atoms with van der Waals surface area (Å²) in [5, 5.41) is 7.01. The zero-order chi connectivity index (χ0) is 17.0. The van der Waals surface area contributed by atoms with Crippen molar-refractivity contribution in [2.45, 2.75) is 13.1 Å². The van der Waals surface area contributed by atoms with Crippen molar-refractivity contribution in [2.24, 2.45) is 0 Å². The summed E-state index contributed by atoms with van der Waals surface area (Å²) in [5.41, 5.74) is 4.81. The monoisotopic (exact) mass is 356 g/mol. The summed E-state index contributed by atoms with van der Waals surface area (Å²) < 4.78 is 0. The van der Waals surface area contributed by atoms with Gasteiger partial charge in [0.15, 0.2) is 0 Å². The lowest BCUT2D eigenvalue weighted by Crippen LogP contribution is -2.05. The molecule has 1 unspecified atom stereocenters. The van der Waals surface area contributed by atoms with Crippen LogP contribution < -0.4 is 10.6 Å². The number of para-hydroxylation sites is 2. The molecule has 0 aliphatic heterocycles. The highest BCUT2D eigenvalue weighted by molar-refractivity contribution is 7.52. The molecule has 0 fully saturated rings. The van der Waals surface area contributed by atoms with Gasteiger partial charge in [0.1, 0.15) is 0 Å². The number of anilines is 2. The zero-order valence-corrected chi connectivity index (χ0v) is 15.4. The third kappa shape index (κ3) is 5.88. The van der Waals surface area contributed by atoms with Gasteiger partial charge < -0.3 is 10.6 Å². The molecule has 0 spiro atoms. The Morgan fingerprint density at radius 2 is 0.875 bits per heavy atom. The summed E-state index contributed by atoms with van der Waals surface area (Å²) in [6.45, 7) is 1.65. The first-order valence-electron chi connectivity index (χ1n) is 7.78. The van der Waals surface area contributed by atoms with Gasteiger partial charge in [-0.05, 0) is 31.9 Å². The molecule has 0 aliphatic rings. The number of halogens is 1. The van der Waals surface area contributed by atoms with Gasteiger partial charge in [-0.3, -0.25) is 0 Å². The van der Waals surface area contributed by atoms with Crippen molar-refractivity contribution >= 4 is 31.2 Å². The van der Waals surface area contributed by atoms with Crippen molar-refractivity contribution in [3.8, 4) is 0 Å². The minimum Gasteiger partial charge on any atom is -0.379 e. The van der Waals surface area contributed by atoms with E-state index in [4.69, 9.17) is 0 Å². The SMILES string of the molecule is PCl.c1ccc(CNc2ccccc2NCc2ccccc2)cc1. The van der Waals surface area contributed by atoms with Crippen LogP contribution in [0.15, 0.2) is 84.9 Å². The van der Waals surface area contributed by atoms with Crippen LogP contribution in [0.1, 0.15) is 11.1 Å². The van der Waals surface area contributed by atoms with Crippen LogP contribution in [0, 0.1) is 0 Å². The van der Waals surface area contributed by atoms with E-state index in [0.29, 0.717) is 0 Å². The van der Waals surface area contributed by atoms with Gasteiger partial charge in [-0.1, -0.05) is 72.8 Å². The Labute approximate surface area is 151 Å². The van der Waals surface area contributed by atoms with Crippen molar-refractivity contribution in [3.63, 3.8) is 0 Å². The molecule has 3 aromatic rings. The highest BCUT2D eigenvalue weighted by Crippen LogP contribution is 2.22. The molecule has 3 rings (SSSR count). The molecule has 1 atom stereocenters. The lowest BCUT2D eigenvalue weighted by atomic mass is 10.2. The smallest absolute Gasteiger partial charge is 0.0578 e. The van der Waals surface area contributed by atoms with E-state index in [9.17, 15) is 0 Å². The highest BCUT2D eigenvalue weighted by Gasteiger charge is 2.01. The quantitative estimate of drug-likeness (QED) is 0.535. The average Bonchev–Trinajstić information content (AvgIpc) is 2.68. The van der Waals surface area contributed by atoms with Crippen LogP contribution in [-0.2, 0) is 13.1 Å². The maximum absolute atomic E-state index is 4.56. The predicted molar refractivity (Wildman–Crippen MR) is 110 cm³/mol. The summed E-state index contributed by atoms with van der Waals surface area (Å²) in [6, 6.07) is 29.2. The minimum absolute atomic E-state index is 0.824.